The largest absolute Gasteiger partial charge is 0.306 e. The SMILES string of the molecule is CC(C)(C)c1cc(NC(=O)c2sc3ccccc3c2Cl)n(-c2ccccc2Cl)n1. The predicted octanol–water partition coefficient (Wildman–Crippen LogP) is 6.94. The number of hydrogen-bond acceptors (Lipinski definition) is 3. The van der Waals surface area contributed by atoms with Gasteiger partial charge in [0, 0.05) is 21.6 Å². The number of anilines is 1. The second-order valence-corrected chi connectivity index (χ2v) is 9.56. The Morgan fingerprint density at radius 3 is 2.45 bits per heavy atom. The number of halogens is 2. The van der Waals surface area contributed by atoms with Gasteiger partial charge in [-0.25, -0.2) is 4.68 Å². The normalized spacial score (nSPS) is 11.8. The molecule has 0 bridgehead atoms. The number of carbonyl (C=O) groups excluding carboxylic acids is 1. The molecule has 2 aromatic heterocycles. The molecule has 2 aromatic carbocycles. The van der Waals surface area contributed by atoms with E-state index in [1.165, 1.54) is 11.3 Å². The van der Waals surface area contributed by atoms with E-state index in [-0.39, 0.29) is 11.3 Å². The van der Waals surface area contributed by atoms with Crippen molar-refractivity contribution in [2.45, 2.75) is 26.2 Å². The van der Waals surface area contributed by atoms with Crippen LogP contribution in [-0.4, -0.2) is 15.7 Å². The van der Waals surface area contributed by atoms with Crippen LogP contribution >= 0.6 is 34.5 Å². The van der Waals surface area contributed by atoms with Gasteiger partial charge in [-0.2, -0.15) is 5.10 Å². The Bertz CT molecular complexity index is 1220. The molecule has 1 amide bonds. The second kappa shape index (κ2) is 7.48. The van der Waals surface area contributed by atoms with Crippen molar-refractivity contribution in [1.82, 2.24) is 9.78 Å². The van der Waals surface area contributed by atoms with E-state index in [4.69, 9.17) is 28.3 Å². The Morgan fingerprint density at radius 2 is 1.76 bits per heavy atom. The quantitative estimate of drug-likeness (QED) is 0.372. The molecule has 0 saturated carbocycles. The van der Waals surface area contributed by atoms with Crippen LogP contribution < -0.4 is 5.32 Å². The first-order chi connectivity index (χ1) is 13.8. The number of amides is 1. The summed E-state index contributed by atoms with van der Waals surface area (Å²) < 4.78 is 2.64. The average Bonchev–Trinajstić information content (AvgIpc) is 3.24. The van der Waals surface area contributed by atoms with Gasteiger partial charge in [-0.15, -0.1) is 11.3 Å². The molecule has 4 nitrogen and oxygen atoms in total. The number of carbonyl (C=O) groups is 1. The number of hydrogen-bond donors (Lipinski definition) is 1. The van der Waals surface area contributed by atoms with Gasteiger partial charge < -0.3 is 5.32 Å². The maximum Gasteiger partial charge on any atom is 0.268 e. The lowest BCUT2D eigenvalue weighted by Crippen LogP contribution is -2.14. The minimum atomic E-state index is -0.273. The summed E-state index contributed by atoms with van der Waals surface area (Å²) in [5, 5.41) is 9.57. The number of aromatic nitrogens is 2. The van der Waals surface area contributed by atoms with E-state index in [1.807, 2.05) is 48.5 Å². The molecule has 0 atom stereocenters. The summed E-state index contributed by atoms with van der Waals surface area (Å²) in [5.74, 6) is 0.270. The van der Waals surface area contributed by atoms with Crippen LogP contribution in [-0.2, 0) is 5.41 Å². The molecule has 29 heavy (non-hydrogen) atoms. The van der Waals surface area contributed by atoms with Crippen molar-refractivity contribution in [2.24, 2.45) is 0 Å². The third-order valence-corrected chi connectivity index (χ3v) is 6.53. The summed E-state index contributed by atoms with van der Waals surface area (Å²) in [6.45, 7) is 6.21. The lowest BCUT2D eigenvalue weighted by atomic mass is 9.92. The third-order valence-electron chi connectivity index (χ3n) is 4.54. The Balaban J connectivity index is 1.78. The van der Waals surface area contributed by atoms with Crippen LogP contribution in [0.5, 0.6) is 0 Å². The van der Waals surface area contributed by atoms with Gasteiger partial charge in [0.25, 0.3) is 5.91 Å². The molecular weight excluding hydrogens is 425 g/mol. The highest BCUT2D eigenvalue weighted by Crippen LogP contribution is 2.36. The van der Waals surface area contributed by atoms with Crippen molar-refractivity contribution in [3.05, 3.63) is 75.2 Å². The first kappa shape index (κ1) is 20.0. The number of thiophene rings is 1. The average molecular weight is 444 g/mol. The van der Waals surface area contributed by atoms with E-state index in [9.17, 15) is 4.79 Å². The zero-order valence-corrected chi connectivity index (χ0v) is 18.5. The van der Waals surface area contributed by atoms with Gasteiger partial charge in [0.1, 0.15) is 10.7 Å². The molecule has 0 spiro atoms. The number of nitrogens with zero attached hydrogens (tertiary/aromatic N) is 2. The van der Waals surface area contributed by atoms with Crippen LogP contribution in [0, 0.1) is 0 Å². The fourth-order valence-corrected chi connectivity index (χ4v) is 4.60. The minimum absolute atomic E-state index is 0.193. The Labute approximate surface area is 183 Å². The molecule has 2 heterocycles. The van der Waals surface area contributed by atoms with Crippen LogP contribution in [0.1, 0.15) is 36.1 Å². The van der Waals surface area contributed by atoms with Crippen LogP contribution in [0.4, 0.5) is 5.82 Å². The molecule has 1 N–H and O–H groups in total. The van der Waals surface area contributed by atoms with Crippen molar-refractivity contribution in [2.75, 3.05) is 5.32 Å². The van der Waals surface area contributed by atoms with Crippen molar-refractivity contribution >= 4 is 56.3 Å². The molecule has 7 heteroatoms. The molecule has 0 aliphatic rings. The van der Waals surface area contributed by atoms with E-state index in [2.05, 4.69) is 26.1 Å². The lowest BCUT2D eigenvalue weighted by molar-refractivity contribution is 0.103. The monoisotopic (exact) mass is 443 g/mol. The highest BCUT2D eigenvalue weighted by atomic mass is 35.5. The summed E-state index contributed by atoms with van der Waals surface area (Å²) in [6.07, 6.45) is 0. The van der Waals surface area contributed by atoms with Gasteiger partial charge in [0.2, 0.25) is 0 Å². The Hall–Kier alpha value is -2.34. The standard InChI is InChI=1S/C22H19Cl2N3OS/c1-22(2,3)17-12-18(27(26-17)15-10-6-5-9-14(15)23)25-21(28)20-19(24)13-8-4-7-11-16(13)29-20/h4-12H,1-3H3,(H,25,28). The summed E-state index contributed by atoms with van der Waals surface area (Å²) in [7, 11) is 0. The van der Waals surface area contributed by atoms with Crippen LogP contribution in [0.15, 0.2) is 54.6 Å². The fourth-order valence-electron chi connectivity index (χ4n) is 2.98. The van der Waals surface area contributed by atoms with E-state index >= 15 is 0 Å². The highest BCUT2D eigenvalue weighted by Gasteiger charge is 2.24. The maximum atomic E-state index is 13.1. The van der Waals surface area contributed by atoms with Gasteiger partial charge in [-0.1, -0.05) is 74.3 Å². The minimum Gasteiger partial charge on any atom is -0.306 e. The van der Waals surface area contributed by atoms with E-state index in [0.29, 0.717) is 26.4 Å². The van der Waals surface area contributed by atoms with Crippen molar-refractivity contribution in [3.8, 4) is 5.69 Å². The lowest BCUT2D eigenvalue weighted by Gasteiger charge is -2.14. The van der Waals surface area contributed by atoms with E-state index < -0.39 is 0 Å². The predicted molar refractivity (Wildman–Crippen MR) is 122 cm³/mol. The van der Waals surface area contributed by atoms with Crippen molar-refractivity contribution in [1.29, 1.82) is 0 Å². The van der Waals surface area contributed by atoms with Crippen LogP contribution in [0.25, 0.3) is 15.8 Å². The summed E-state index contributed by atoms with van der Waals surface area (Å²) >= 11 is 14.2. The van der Waals surface area contributed by atoms with Crippen molar-refractivity contribution in [3.63, 3.8) is 0 Å². The smallest absolute Gasteiger partial charge is 0.268 e. The molecular formula is C22H19Cl2N3OS. The number of rotatable bonds is 3. The molecule has 0 saturated heterocycles. The molecule has 148 valence electrons. The molecule has 0 aliphatic carbocycles. The number of para-hydroxylation sites is 1. The molecule has 0 fully saturated rings. The van der Waals surface area contributed by atoms with Gasteiger partial charge in [-0.05, 0) is 18.2 Å². The van der Waals surface area contributed by atoms with Crippen LogP contribution in [0.2, 0.25) is 10.0 Å². The van der Waals surface area contributed by atoms with Crippen LogP contribution in [0.3, 0.4) is 0 Å². The summed E-state index contributed by atoms with van der Waals surface area (Å²) in [4.78, 5) is 13.5. The molecule has 0 unspecified atom stereocenters. The number of nitrogens with one attached hydrogen (secondary N) is 1. The fraction of sp³-hybridized carbons (Fsp3) is 0.182. The third kappa shape index (κ3) is 3.78. The zero-order chi connectivity index (χ0) is 20.8. The summed E-state index contributed by atoms with van der Waals surface area (Å²) in [6, 6.07) is 17.0. The van der Waals surface area contributed by atoms with Gasteiger partial charge >= 0.3 is 0 Å². The number of benzene rings is 2. The molecule has 4 aromatic rings. The van der Waals surface area contributed by atoms with E-state index in [0.717, 1.165) is 15.8 Å². The van der Waals surface area contributed by atoms with Gasteiger partial charge in [-0.3, -0.25) is 4.79 Å². The first-order valence-electron chi connectivity index (χ1n) is 9.09. The Kier molecular flexibility index (Phi) is 5.15. The van der Waals surface area contributed by atoms with Gasteiger partial charge in [0.15, 0.2) is 0 Å². The molecule has 0 aliphatic heterocycles. The molecule has 0 radical (unpaired) electrons. The number of fused-ring (bicyclic) bond motifs is 1. The van der Waals surface area contributed by atoms with Gasteiger partial charge in [0.05, 0.1) is 21.4 Å². The Morgan fingerprint density at radius 1 is 1.07 bits per heavy atom. The first-order valence-corrected chi connectivity index (χ1v) is 10.7. The zero-order valence-electron chi connectivity index (χ0n) is 16.2. The molecule has 4 rings (SSSR count). The maximum absolute atomic E-state index is 13.1. The van der Waals surface area contributed by atoms with E-state index in [1.54, 1.807) is 10.7 Å². The van der Waals surface area contributed by atoms with Crippen molar-refractivity contribution < 1.29 is 4.79 Å². The highest BCUT2D eigenvalue weighted by molar-refractivity contribution is 7.21. The second-order valence-electron chi connectivity index (χ2n) is 7.72. The summed E-state index contributed by atoms with van der Waals surface area (Å²) in [5.41, 5.74) is 1.35. The topological polar surface area (TPSA) is 46.9 Å².